The molecule has 0 atom stereocenters. The Morgan fingerprint density at radius 1 is 1.24 bits per heavy atom. The van der Waals surface area contributed by atoms with E-state index in [0.717, 1.165) is 40.6 Å². The quantitative estimate of drug-likeness (QED) is 0.750. The molecule has 5 heteroatoms. The summed E-state index contributed by atoms with van der Waals surface area (Å²) in [6.07, 6.45) is 11.3. The van der Waals surface area contributed by atoms with Crippen LogP contribution in [0.25, 0.3) is 29.1 Å². The zero-order chi connectivity index (χ0) is 17.2. The molecule has 0 saturated heterocycles. The van der Waals surface area contributed by atoms with Gasteiger partial charge in [-0.3, -0.25) is 14.9 Å². The van der Waals surface area contributed by atoms with Crippen molar-refractivity contribution >= 4 is 35.0 Å². The molecule has 2 aromatic heterocycles. The van der Waals surface area contributed by atoms with E-state index >= 15 is 0 Å². The van der Waals surface area contributed by atoms with Gasteiger partial charge in [-0.25, -0.2) is 0 Å². The van der Waals surface area contributed by atoms with Crippen LogP contribution in [0.4, 0.5) is 0 Å². The molecule has 0 radical (unpaired) electrons. The molecule has 0 bridgehead atoms. The van der Waals surface area contributed by atoms with E-state index in [1.807, 2.05) is 36.4 Å². The number of amides is 1. The first-order valence-electron chi connectivity index (χ1n) is 8.28. The van der Waals surface area contributed by atoms with Crippen molar-refractivity contribution in [1.29, 1.82) is 0 Å². The summed E-state index contributed by atoms with van der Waals surface area (Å²) in [5.41, 5.74) is 4.19. The number of fused-ring (bicyclic) bond motifs is 1. The van der Waals surface area contributed by atoms with E-state index in [9.17, 15) is 4.79 Å². The third-order valence-electron chi connectivity index (χ3n) is 4.26. The van der Waals surface area contributed by atoms with Crippen molar-refractivity contribution in [2.75, 3.05) is 0 Å². The van der Waals surface area contributed by atoms with Crippen LogP contribution in [0.3, 0.4) is 0 Å². The Morgan fingerprint density at radius 2 is 2.04 bits per heavy atom. The highest BCUT2D eigenvalue weighted by Gasteiger charge is 2.24. The van der Waals surface area contributed by atoms with E-state index in [4.69, 9.17) is 0 Å². The number of benzene rings is 1. The molecule has 1 amide bonds. The van der Waals surface area contributed by atoms with Crippen LogP contribution < -0.4 is 5.32 Å². The summed E-state index contributed by atoms with van der Waals surface area (Å²) in [4.78, 5) is 16.4. The van der Waals surface area contributed by atoms with Crippen molar-refractivity contribution in [1.82, 2.24) is 20.5 Å². The SMILES string of the molecule is C=Cc1cc(C(=O)NC2CC2)cc2c(/C=C/c3ccncc3)[nH]nc12. The third-order valence-corrected chi connectivity index (χ3v) is 4.26. The highest BCUT2D eigenvalue weighted by atomic mass is 16.1. The molecule has 1 aliphatic carbocycles. The number of hydrogen-bond acceptors (Lipinski definition) is 3. The van der Waals surface area contributed by atoms with Gasteiger partial charge in [0, 0.05) is 34.9 Å². The second-order valence-corrected chi connectivity index (χ2v) is 6.16. The lowest BCUT2D eigenvalue weighted by molar-refractivity contribution is 0.0951. The standard InChI is InChI=1S/C20H18N4O/c1-2-14-11-15(20(25)22-16-4-5-16)12-17-18(23-24-19(14)17)6-3-13-7-9-21-10-8-13/h2-3,6-12,16H,1,4-5H2,(H,22,25)(H,23,24)/b6-3+. The van der Waals surface area contributed by atoms with Crippen molar-refractivity contribution in [3.63, 3.8) is 0 Å². The number of rotatable bonds is 5. The van der Waals surface area contributed by atoms with Gasteiger partial charge in [0.1, 0.15) is 0 Å². The topological polar surface area (TPSA) is 70.7 Å². The normalized spacial score (nSPS) is 14.1. The molecule has 5 nitrogen and oxygen atoms in total. The number of carbonyl (C=O) groups excluding carboxylic acids is 1. The molecule has 1 aromatic carbocycles. The van der Waals surface area contributed by atoms with Crippen LogP contribution >= 0.6 is 0 Å². The number of aromatic nitrogens is 3. The minimum Gasteiger partial charge on any atom is -0.349 e. The molecule has 2 heterocycles. The molecule has 3 aromatic rings. The molecule has 2 N–H and O–H groups in total. The number of pyridine rings is 1. The van der Waals surface area contributed by atoms with Crippen molar-refractivity contribution in [3.05, 3.63) is 65.6 Å². The van der Waals surface area contributed by atoms with Crippen LogP contribution in [-0.2, 0) is 0 Å². The third kappa shape index (κ3) is 3.21. The number of carbonyl (C=O) groups is 1. The molecule has 4 rings (SSSR count). The van der Waals surface area contributed by atoms with Gasteiger partial charge in [0.2, 0.25) is 0 Å². The van der Waals surface area contributed by atoms with Gasteiger partial charge in [-0.1, -0.05) is 18.7 Å². The number of nitrogens with one attached hydrogen (secondary N) is 2. The Kier molecular flexibility index (Phi) is 3.90. The molecular formula is C20H18N4O. The lowest BCUT2D eigenvalue weighted by atomic mass is 10.0. The van der Waals surface area contributed by atoms with E-state index in [1.54, 1.807) is 18.5 Å². The summed E-state index contributed by atoms with van der Waals surface area (Å²) < 4.78 is 0. The predicted octanol–water partition coefficient (Wildman–Crippen LogP) is 3.66. The molecule has 1 aliphatic rings. The Hall–Kier alpha value is -3.21. The van der Waals surface area contributed by atoms with Gasteiger partial charge >= 0.3 is 0 Å². The maximum atomic E-state index is 12.4. The summed E-state index contributed by atoms with van der Waals surface area (Å²) in [6.45, 7) is 3.85. The Labute approximate surface area is 145 Å². The van der Waals surface area contributed by atoms with E-state index < -0.39 is 0 Å². The van der Waals surface area contributed by atoms with Crippen LogP contribution in [-0.4, -0.2) is 27.1 Å². The lowest BCUT2D eigenvalue weighted by Gasteiger charge is -2.05. The minimum atomic E-state index is -0.0437. The second-order valence-electron chi connectivity index (χ2n) is 6.16. The Morgan fingerprint density at radius 3 is 2.76 bits per heavy atom. The summed E-state index contributed by atoms with van der Waals surface area (Å²) in [5, 5.41) is 11.4. The highest BCUT2D eigenvalue weighted by Crippen LogP contribution is 2.26. The van der Waals surface area contributed by atoms with Gasteiger partial charge in [0.15, 0.2) is 0 Å². The smallest absolute Gasteiger partial charge is 0.251 e. The molecule has 0 unspecified atom stereocenters. The Balaban J connectivity index is 1.73. The van der Waals surface area contributed by atoms with Crippen LogP contribution in [0, 0.1) is 0 Å². The average Bonchev–Trinajstić information content (AvgIpc) is 3.37. The molecule has 0 aliphatic heterocycles. The second kappa shape index (κ2) is 6.36. The van der Waals surface area contributed by atoms with Crippen molar-refractivity contribution in [2.24, 2.45) is 0 Å². The van der Waals surface area contributed by atoms with Gasteiger partial charge in [-0.2, -0.15) is 5.10 Å². The summed E-state index contributed by atoms with van der Waals surface area (Å²) in [5.74, 6) is -0.0437. The van der Waals surface area contributed by atoms with Gasteiger partial charge in [0.05, 0.1) is 11.2 Å². The maximum absolute atomic E-state index is 12.4. The summed E-state index contributed by atoms with van der Waals surface area (Å²) >= 11 is 0. The fourth-order valence-corrected chi connectivity index (χ4v) is 2.73. The molecular weight excluding hydrogens is 312 g/mol. The first kappa shape index (κ1) is 15.3. The van der Waals surface area contributed by atoms with Crippen LogP contribution in [0.1, 0.15) is 40.0 Å². The number of hydrogen-bond donors (Lipinski definition) is 2. The zero-order valence-corrected chi connectivity index (χ0v) is 13.7. The first-order chi connectivity index (χ1) is 12.2. The van der Waals surface area contributed by atoms with E-state index in [0.29, 0.717) is 11.6 Å². The molecule has 25 heavy (non-hydrogen) atoms. The summed E-state index contributed by atoms with van der Waals surface area (Å²) in [7, 11) is 0. The van der Waals surface area contributed by atoms with E-state index in [1.165, 1.54) is 0 Å². The van der Waals surface area contributed by atoms with Gasteiger partial charge in [-0.15, -0.1) is 0 Å². The lowest BCUT2D eigenvalue weighted by Crippen LogP contribution is -2.25. The first-order valence-corrected chi connectivity index (χ1v) is 8.28. The highest BCUT2D eigenvalue weighted by molar-refractivity contribution is 6.03. The predicted molar refractivity (Wildman–Crippen MR) is 99.8 cm³/mol. The monoisotopic (exact) mass is 330 g/mol. The molecule has 124 valence electrons. The van der Waals surface area contributed by atoms with Crippen LogP contribution in [0.15, 0.2) is 43.2 Å². The fraction of sp³-hybridized carbons (Fsp3) is 0.150. The molecule has 0 spiro atoms. The number of H-pyrrole nitrogens is 1. The van der Waals surface area contributed by atoms with Gasteiger partial charge in [-0.05, 0) is 48.7 Å². The largest absolute Gasteiger partial charge is 0.349 e. The minimum absolute atomic E-state index is 0.0437. The zero-order valence-electron chi connectivity index (χ0n) is 13.7. The number of nitrogens with zero attached hydrogens (tertiary/aromatic N) is 2. The summed E-state index contributed by atoms with van der Waals surface area (Å²) in [6, 6.07) is 7.91. The Bertz CT molecular complexity index is 968. The average molecular weight is 330 g/mol. The fourth-order valence-electron chi connectivity index (χ4n) is 2.73. The van der Waals surface area contributed by atoms with Crippen LogP contribution in [0.2, 0.25) is 0 Å². The maximum Gasteiger partial charge on any atom is 0.251 e. The van der Waals surface area contributed by atoms with Crippen molar-refractivity contribution in [2.45, 2.75) is 18.9 Å². The molecule has 1 saturated carbocycles. The van der Waals surface area contributed by atoms with Crippen molar-refractivity contribution in [3.8, 4) is 0 Å². The van der Waals surface area contributed by atoms with E-state index in [2.05, 4.69) is 27.1 Å². The molecule has 1 fully saturated rings. The number of aromatic amines is 1. The van der Waals surface area contributed by atoms with Crippen molar-refractivity contribution < 1.29 is 4.79 Å². The van der Waals surface area contributed by atoms with Crippen LogP contribution in [0.5, 0.6) is 0 Å². The van der Waals surface area contributed by atoms with Gasteiger partial charge in [0.25, 0.3) is 5.91 Å². The van der Waals surface area contributed by atoms with Gasteiger partial charge < -0.3 is 5.32 Å². The van der Waals surface area contributed by atoms with E-state index in [-0.39, 0.29) is 5.91 Å².